The highest BCUT2D eigenvalue weighted by Gasteiger charge is 1.78. The summed E-state index contributed by atoms with van der Waals surface area (Å²) >= 11 is 0. The Kier molecular flexibility index (Phi) is 2.54. The van der Waals surface area contributed by atoms with Crippen LogP contribution < -0.4 is 0 Å². The molecule has 0 fully saturated rings. The average Bonchev–Trinajstić information content (AvgIpc) is 2.00. The van der Waals surface area contributed by atoms with Crippen molar-refractivity contribution in [3.63, 3.8) is 0 Å². The summed E-state index contributed by atoms with van der Waals surface area (Å²) in [6, 6.07) is 0. The lowest BCUT2D eigenvalue weighted by molar-refractivity contribution is 0.904. The molecular formula is C9H8. The van der Waals surface area contributed by atoms with Crippen LogP contribution in [0.2, 0.25) is 0 Å². The van der Waals surface area contributed by atoms with Crippen LogP contribution in [0.15, 0.2) is 12.2 Å². The van der Waals surface area contributed by atoms with Gasteiger partial charge in [-0.05, 0) is 18.6 Å². The zero-order valence-electron chi connectivity index (χ0n) is 5.28. The Morgan fingerprint density at radius 2 is 1.44 bits per heavy atom. The lowest BCUT2D eigenvalue weighted by Gasteiger charge is -1.80. The lowest BCUT2D eigenvalue weighted by Crippen LogP contribution is -1.67. The van der Waals surface area contributed by atoms with Gasteiger partial charge in [0.2, 0.25) is 0 Å². The maximum atomic E-state index is 3.01. The van der Waals surface area contributed by atoms with Crippen LogP contribution in [0.5, 0.6) is 0 Å². The van der Waals surface area contributed by atoms with Gasteiger partial charge in [0.15, 0.2) is 0 Å². The lowest BCUT2D eigenvalue weighted by atomic mass is 10.2. The quantitative estimate of drug-likeness (QED) is 0.423. The van der Waals surface area contributed by atoms with Crippen molar-refractivity contribution in [3.8, 4) is 23.7 Å². The van der Waals surface area contributed by atoms with E-state index in [9.17, 15) is 0 Å². The fourth-order valence-electron chi connectivity index (χ4n) is 0.611. The van der Waals surface area contributed by atoms with Crippen molar-refractivity contribution in [2.75, 3.05) is 0 Å². The first-order valence-corrected chi connectivity index (χ1v) is 3.12. The van der Waals surface area contributed by atoms with Crippen molar-refractivity contribution < 1.29 is 0 Å². The van der Waals surface area contributed by atoms with Gasteiger partial charge in [-0.2, -0.15) is 0 Å². The van der Waals surface area contributed by atoms with Gasteiger partial charge in [0.05, 0.1) is 0 Å². The van der Waals surface area contributed by atoms with Gasteiger partial charge in [-0.15, -0.1) is 0 Å². The summed E-state index contributed by atoms with van der Waals surface area (Å²) in [6.45, 7) is 0. The van der Waals surface area contributed by atoms with Gasteiger partial charge in [0, 0.05) is 12.8 Å². The number of hydrogen-bond acceptors (Lipinski definition) is 0. The Bertz CT molecular complexity index is 188. The minimum absolute atomic E-state index is 0.985. The Hall–Kier alpha value is -1.14. The van der Waals surface area contributed by atoms with Gasteiger partial charge >= 0.3 is 0 Å². The molecule has 0 atom stereocenters. The van der Waals surface area contributed by atoms with Crippen LogP contribution >= 0.6 is 0 Å². The van der Waals surface area contributed by atoms with E-state index in [1.807, 2.05) is 0 Å². The van der Waals surface area contributed by atoms with E-state index < -0.39 is 0 Å². The highest BCUT2D eigenvalue weighted by molar-refractivity contribution is 5.25. The first-order valence-electron chi connectivity index (χ1n) is 3.12. The monoisotopic (exact) mass is 116 g/mol. The predicted octanol–water partition coefficient (Wildman–Crippen LogP) is 1.73. The Morgan fingerprint density at radius 3 is 2.00 bits per heavy atom. The summed E-state index contributed by atoms with van der Waals surface area (Å²) in [5.74, 6) is 11.8. The molecule has 1 aliphatic rings. The molecule has 0 nitrogen and oxygen atoms in total. The van der Waals surface area contributed by atoms with Crippen LogP contribution in [-0.2, 0) is 0 Å². The molecule has 0 radical (unpaired) electrons. The van der Waals surface area contributed by atoms with Crippen LogP contribution in [0.1, 0.15) is 19.3 Å². The Morgan fingerprint density at radius 1 is 0.889 bits per heavy atom. The molecule has 1 rings (SSSR count). The molecule has 0 unspecified atom stereocenters. The molecule has 0 bridgehead atoms. The van der Waals surface area contributed by atoms with E-state index in [0.29, 0.717) is 0 Å². The molecule has 0 aromatic rings. The summed E-state index contributed by atoms with van der Waals surface area (Å²) in [5.41, 5.74) is 0. The van der Waals surface area contributed by atoms with E-state index in [1.54, 1.807) is 12.2 Å². The molecule has 0 saturated carbocycles. The van der Waals surface area contributed by atoms with Crippen molar-refractivity contribution in [3.05, 3.63) is 12.2 Å². The normalized spacial score (nSPS) is 18.7. The molecule has 0 amide bonds. The van der Waals surface area contributed by atoms with Crippen molar-refractivity contribution in [2.45, 2.75) is 19.3 Å². The molecule has 0 aromatic carbocycles. The molecule has 0 aliphatic heterocycles. The third kappa shape index (κ3) is 2.62. The number of allylic oxidation sites excluding steroid dienone is 2. The maximum absolute atomic E-state index is 3.01. The third-order valence-electron chi connectivity index (χ3n) is 1.06. The van der Waals surface area contributed by atoms with Crippen molar-refractivity contribution >= 4 is 0 Å². The fraction of sp³-hybridized carbons (Fsp3) is 0.333. The molecular weight excluding hydrogens is 108 g/mol. The highest BCUT2D eigenvalue weighted by atomic mass is 13.8. The first kappa shape index (κ1) is 5.99. The summed E-state index contributed by atoms with van der Waals surface area (Å²) in [7, 11) is 0. The summed E-state index contributed by atoms with van der Waals surface area (Å²) in [5, 5.41) is 0. The molecule has 44 valence electrons. The summed E-state index contributed by atoms with van der Waals surface area (Å²) < 4.78 is 0. The number of hydrogen-bond donors (Lipinski definition) is 0. The molecule has 1 aliphatic carbocycles. The second-order valence-electron chi connectivity index (χ2n) is 1.83. The zero-order chi connectivity index (χ0) is 6.36. The minimum atomic E-state index is 0.985. The summed E-state index contributed by atoms with van der Waals surface area (Å²) in [6.07, 6.45) is 6.69. The Balaban J connectivity index is 2.58. The summed E-state index contributed by atoms with van der Waals surface area (Å²) in [4.78, 5) is 0. The van der Waals surface area contributed by atoms with E-state index in [4.69, 9.17) is 0 Å². The topological polar surface area (TPSA) is 0 Å². The standard InChI is InChI=1S/C9H8/c1-2-4-6-8-9-7-5-3-1/h1-2H,7-9H2/b2-1-. The van der Waals surface area contributed by atoms with E-state index in [2.05, 4.69) is 23.7 Å². The van der Waals surface area contributed by atoms with Gasteiger partial charge < -0.3 is 0 Å². The maximum Gasteiger partial charge on any atom is 0.0101 e. The van der Waals surface area contributed by atoms with Crippen LogP contribution in [0.3, 0.4) is 0 Å². The molecule has 0 aromatic heterocycles. The zero-order valence-corrected chi connectivity index (χ0v) is 5.28. The van der Waals surface area contributed by atoms with Gasteiger partial charge in [-0.25, -0.2) is 0 Å². The van der Waals surface area contributed by atoms with E-state index in [-0.39, 0.29) is 0 Å². The molecule has 0 heterocycles. The largest absolute Gasteiger partial charge is 0.0985 e. The SMILES string of the molecule is C1#CCCCC#C/C=C\1. The molecule has 0 spiro atoms. The predicted molar refractivity (Wildman–Crippen MR) is 38.5 cm³/mol. The fourth-order valence-corrected chi connectivity index (χ4v) is 0.611. The van der Waals surface area contributed by atoms with E-state index in [1.165, 1.54) is 0 Å². The molecule has 0 heteroatoms. The second-order valence-corrected chi connectivity index (χ2v) is 1.83. The van der Waals surface area contributed by atoms with Crippen LogP contribution in [0, 0.1) is 23.7 Å². The van der Waals surface area contributed by atoms with Crippen molar-refractivity contribution in [1.82, 2.24) is 0 Å². The first-order chi connectivity index (χ1) is 4.50. The minimum Gasteiger partial charge on any atom is -0.0985 e. The van der Waals surface area contributed by atoms with Crippen molar-refractivity contribution in [2.24, 2.45) is 0 Å². The molecule has 9 heavy (non-hydrogen) atoms. The van der Waals surface area contributed by atoms with Crippen LogP contribution in [0.25, 0.3) is 0 Å². The van der Waals surface area contributed by atoms with Crippen molar-refractivity contribution in [1.29, 1.82) is 0 Å². The molecule has 0 saturated heterocycles. The highest BCUT2D eigenvalue weighted by Crippen LogP contribution is 1.92. The Labute approximate surface area is 56.0 Å². The van der Waals surface area contributed by atoms with Crippen LogP contribution in [-0.4, -0.2) is 0 Å². The smallest absolute Gasteiger partial charge is 0.0101 e. The van der Waals surface area contributed by atoms with E-state index >= 15 is 0 Å². The van der Waals surface area contributed by atoms with E-state index in [0.717, 1.165) is 19.3 Å². The third-order valence-corrected chi connectivity index (χ3v) is 1.06. The number of rotatable bonds is 0. The van der Waals surface area contributed by atoms with Gasteiger partial charge in [-0.1, -0.05) is 23.7 Å². The van der Waals surface area contributed by atoms with Gasteiger partial charge in [0.25, 0.3) is 0 Å². The van der Waals surface area contributed by atoms with Gasteiger partial charge in [0.1, 0.15) is 0 Å². The second kappa shape index (κ2) is 3.81. The average molecular weight is 116 g/mol. The van der Waals surface area contributed by atoms with Gasteiger partial charge in [-0.3, -0.25) is 0 Å². The van der Waals surface area contributed by atoms with Crippen LogP contribution in [0.4, 0.5) is 0 Å². The molecule has 0 N–H and O–H groups in total.